The summed E-state index contributed by atoms with van der Waals surface area (Å²) in [5.41, 5.74) is 2.01. The number of methoxy groups -OCH3 is 1. The van der Waals surface area contributed by atoms with Gasteiger partial charge in [-0.1, -0.05) is 17.7 Å². The van der Waals surface area contributed by atoms with Crippen molar-refractivity contribution in [3.05, 3.63) is 59.4 Å². The Morgan fingerprint density at radius 1 is 1.00 bits per heavy atom. The number of nitrogens with zero attached hydrogens (tertiary/aromatic N) is 3. The molecule has 2 amide bonds. The summed E-state index contributed by atoms with van der Waals surface area (Å²) in [7, 11) is 1.57. The molecule has 1 aliphatic heterocycles. The van der Waals surface area contributed by atoms with Gasteiger partial charge in [0.25, 0.3) is 11.8 Å². The highest BCUT2D eigenvalue weighted by molar-refractivity contribution is 5.97. The highest BCUT2D eigenvalue weighted by atomic mass is 16.5. The predicted octanol–water partition coefficient (Wildman–Crippen LogP) is 2.39. The molecule has 2 aromatic rings. The monoisotopic (exact) mass is 353 g/mol. The number of rotatable bonds is 3. The Labute approximate surface area is 153 Å². The lowest BCUT2D eigenvalue weighted by atomic mass is 10.1. The van der Waals surface area contributed by atoms with E-state index in [0.717, 1.165) is 12.0 Å². The molecule has 26 heavy (non-hydrogen) atoms. The molecule has 1 aliphatic rings. The third kappa shape index (κ3) is 3.85. The van der Waals surface area contributed by atoms with Crippen LogP contribution < -0.4 is 4.74 Å². The molecule has 1 fully saturated rings. The fourth-order valence-corrected chi connectivity index (χ4v) is 3.13. The molecule has 3 rings (SSSR count). The molecule has 1 aromatic heterocycles. The molecule has 0 bridgehead atoms. The molecule has 1 saturated heterocycles. The summed E-state index contributed by atoms with van der Waals surface area (Å²) >= 11 is 0. The third-order valence-electron chi connectivity index (χ3n) is 4.54. The Balaban J connectivity index is 1.72. The molecule has 0 atom stereocenters. The summed E-state index contributed by atoms with van der Waals surface area (Å²) in [4.78, 5) is 33.2. The van der Waals surface area contributed by atoms with E-state index in [2.05, 4.69) is 4.98 Å². The summed E-state index contributed by atoms with van der Waals surface area (Å²) in [6.07, 6.45) is 2.35. The summed E-state index contributed by atoms with van der Waals surface area (Å²) in [6, 6.07) is 10.9. The zero-order valence-corrected chi connectivity index (χ0v) is 15.1. The van der Waals surface area contributed by atoms with Gasteiger partial charge >= 0.3 is 0 Å². The molecule has 0 radical (unpaired) electrons. The van der Waals surface area contributed by atoms with Crippen molar-refractivity contribution < 1.29 is 14.3 Å². The number of pyridine rings is 1. The van der Waals surface area contributed by atoms with Crippen LogP contribution in [0.25, 0.3) is 0 Å². The first kappa shape index (κ1) is 17.9. The van der Waals surface area contributed by atoms with Gasteiger partial charge in [-0.2, -0.15) is 0 Å². The van der Waals surface area contributed by atoms with Gasteiger partial charge in [0.05, 0.1) is 12.7 Å². The molecular weight excluding hydrogens is 330 g/mol. The molecule has 2 heterocycles. The third-order valence-corrected chi connectivity index (χ3v) is 4.54. The smallest absolute Gasteiger partial charge is 0.272 e. The van der Waals surface area contributed by atoms with Gasteiger partial charge in [-0.25, -0.2) is 0 Å². The van der Waals surface area contributed by atoms with E-state index in [1.807, 2.05) is 25.1 Å². The largest absolute Gasteiger partial charge is 0.496 e. The maximum Gasteiger partial charge on any atom is 0.272 e. The average molecular weight is 353 g/mol. The topological polar surface area (TPSA) is 62.7 Å². The van der Waals surface area contributed by atoms with Gasteiger partial charge in [-0.15, -0.1) is 0 Å². The molecule has 0 aliphatic carbocycles. The van der Waals surface area contributed by atoms with Crippen molar-refractivity contribution in [1.82, 2.24) is 14.8 Å². The Bertz CT molecular complexity index is 792. The predicted molar refractivity (Wildman–Crippen MR) is 98.4 cm³/mol. The minimum atomic E-state index is -0.0898. The van der Waals surface area contributed by atoms with Gasteiger partial charge in [-0.05, 0) is 37.6 Å². The van der Waals surface area contributed by atoms with E-state index >= 15 is 0 Å². The molecule has 0 spiro atoms. The van der Waals surface area contributed by atoms with Crippen LogP contribution in [0, 0.1) is 6.92 Å². The number of carbonyl (C=O) groups is 2. The Morgan fingerprint density at radius 3 is 2.38 bits per heavy atom. The van der Waals surface area contributed by atoms with Crippen LogP contribution >= 0.6 is 0 Å². The second-order valence-corrected chi connectivity index (χ2v) is 6.36. The van der Waals surface area contributed by atoms with Crippen LogP contribution in [-0.2, 0) is 0 Å². The van der Waals surface area contributed by atoms with E-state index in [-0.39, 0.29) is 11.8 Å². The van der Waals surface area contributed by atoms with Crippen molar-refractivity contribution in [3.8, 4) is 5.75 Å². The minimum absolute atomic E-state index is 0.0577. The summed E-state index contributed by atoms with van der Waals surface area (Å²) in [5, 5.41) is 0. The summed E-state index contributed by atoms with van der Waals surface area (Å²) < 4.78 is 5.34. The normalized spacial score (nSPS) is 14.7. The number of hydrogen-bond acceptors (Lipinski definition) is 4. The highest BCUT2D eigenvalue weighted by Gasteiger charge is 2.25. The van der Waals surface area contributed by atoms with E-state index in [0.29, 0.717) is 43.2 Å². The van der Waals surface area contributed by atoms with Crippen LogP contribution in [0.15, 0.2) is 42.6 Å². The number of hydrogen-bond donors (Lipinski definition) is 0. The average Bonchev–Trinajstić information content (AvgIpc) is 2.93. The lowest BCUT2D eigenvalue weighted by molar-refractivity contribution is 0.0714. The number of ether oxygens (including phenoxy) is 1. The number of aryl methyl sites for hydroxylation is 1. The van der Waals surface area contributed by atoms with Crippen molar-refractivity contribution in [2.75, 3.05) is 33.3 Å². The lowest BCUT2D eigenvalue weighted by Crippen LogP contribution is -2.37. The Kier molecular flexibility index (Phi) is 5.51. The second-order valence-electron chi connectivity index (χ2n) is 6.36. The second kappa shape index (κ2) is 7.99. The maximum absolute atomic E-state index is 13.0. The Hall–Kier alpha value is -2.89. The van der Waals surface area contributed by atoms with Crippen molar-refractivity contribution >= 4 is 11.8 Å². The van der Waals surface area contributed by atoms with Crippen LogP contribution in [0.2, 0.25) is 0 Å². The number of amides is 2. The molecule has 0 N–H and O–H groups in total. The molecule has 1 aromatic carbocycles. The molecular formula is C20H23N3O3. The highest BCUT2D eigenvalue weighted by Crippen LogP contribution is 2.22. The number of benzene rings is 1. The number of aromatic nitrogens is 1. The standard InChI is InChI=1S/C20H23N3O3/c1-15-7-8-18(26-2)16(14-15)19(24)22-10-5-11-23(13-12-22)20(25)17-6-3-4-9-21-17/h3-4,6-9,14H,5,10-13H2,1-2H3. The van der Waals surface area contributed by atoms with Crippen molar-refractivity contribution in [2.24, 2.45) is 0 Å². The van der Waals surface area contributed by atoms with E-state index in [4.69, 9.17) is 4.74 Å². The molecule has 6 heteroatoms. The first-order valence-corrected chi connectivity index (χ1v) is 8.74. The number of carbonyl (C=O) groups excluding carboxylic acids is 2. The van der Waals surface area contributed by atoms with Crippen molar-refractivity contribution in [1.29, 1.82) is 0 Å². The maximum atomic E-state index is 13.0. The van der Waals surface area contributed by atoms with Gasteiger partial charge in [-0.3, -0.25) is 14.6 Å². The van der Waals surface area contributed by atoms with Crippen LogP contribution in [0.5, 0.6) is 5.75 Å². The van der Waals surface area contributed by atoms with E-state index in [1.54, 1.807) is 41.3 Å². The van der Waals surface area contributed by atoms with Crippen LogP contribution in [-0.4, -0.2) is 59.9 Å². The first-order valence-electron chi connectivity index (χ1n) is 8.74. The van der Waals surface area contributed by atoms with Crippen LogP contribution in [0.4, 0.5) is 0 Å². The quantitative estimate of drug-likeness (QED) is 0.850. The zero-order chi connectivity index (χ0) is 18.5. The van der Waals surface area contributed by atoms with Gasteiger partial charge in [0.1, 0.15) is 11.4 Å². The minimum Gasteiger partial charge on any atom is -0.496 e. The van der Waals surface area contributed by atoms with Crippen LogP contribution in [0.3, 0.4) is 0 Å². The summed E-state index contributed by atoms with van der Waals surface area (Å²) in [5.74, 6) is 0.428. The molecule has 6 nitrogen and oxygen atoms in total. The fourth-order valence-electron chi connectivity index (χ4n) is 3.13. The van der Waals surface area contributed by atoms with Crippen molar-refractivity contribution in [3.63, 3.8) is 0 Å². The van der Waals surface area contributed by atoms with Gasteiger partial charge in [0, 0.05) is 32.4 Å². The zero-order valence-electron chi connectivity index (χ0n) is 15.1. The molecule has 136 valence electrons. The van der Waals surface area contributed by atoms with Gasteiger partial charge in [0.2, 0.25) is 0 Å². The molecule has 0 saturated carbocycles. The van der Waals surface area contributed by atoms with E-state index in [1.165, 1.54) is 0 Å². The fraction of sp³-hybridized carbons (Fsp3) is 0.350. The summed E-state index contributed by atoms with van der Waals surface area (Å²) in [6.45, 7) is 4.17. The van der Waals surface area contributed by atoms with Crippen LogP contribution in [0.1, 0.15) is 32.8 Å². The van der Waals surface area contributed by atoms with E-state index < -0.39 is 0 Å². The van der Waals surface area contributed by atoms with E-state index in [9.17, 15) is 9.59 Å². The SMILES string of the molecule is COc1ccc(C)cc1C(=O)N1CCCN(C(=O)c2ccccn2)CC1. The van der Waals surface area contributed by atoms with Crippen molar-refractivity contribution in [2.45, 2.75) is 13.3 Å². The van der Waals surface area contributed by atoms with Gasteiger partial charge < -0.3 is 14.5 Å². The Morgan fingerprint density at radius 2 is 1.73 bits per heavy atom. The molecule has 0 unspecified atom stereocenters. The van der Waals surface area contributed by atoms with Gasteiger partial charge in [0.15, 0.2) is 0 Å². The first-order chi connectivity index (χ1) is 12.6. The lowest BCUT2D eigenvalue weighted by Gasteiger charge is -2.23.